The van der Waals surface area contributed by atoms with Crippen LogP contribution in [0.2, 0.25) is 0 Å². The van der Waals surface area contributed by atoms with Gasteiger partial charge in [-0.3, -0.25) is 9.78 Å². The molecule has 1 atom stereocenters. The first kappa shape index (κ1) is 19.1. The van der Waals surface area contributed by atoms with Crippen molar-refractivity contribution in [1.82, 2.24) is 20.3 Å². The van der Waals surface area contributed by atoms with Gasteiger partial charge in [0, 0.05) is 7.11 Å². The van der Waals surface area contributed by atoms with Gasteiger partial charge in [0.15, 0.2) is 5.76 Å². The fraction of sp³-hybridized carbons (Fsp3) is 0.333. The number of hydrogen-bond acceptors (Lipinski definition) is 7. The third-order valence-corrected chi connectivity index (χ3v) is 4.99. The molecule has 1 amide bonds. The summed E-state index contributed by atoms with van der Waals surface area (Å²) in [6, 6.07) is 9.04. The molecule has 150 valence electrons. The van der Waals surface area contributed by atoms with E-state index in [-0.39, 0.29) is 30.2 Å². The molecule has 3 heterocycles. The summed E-state index contributed by atoms with van der Waals surface area (Å²) in [7, 11) is 1.71. The molecule has 1 fully saturated rings. The Bertz CT molecular complexity index is 1020. The number of hydrogen-bond donors (Lipinski definition) is 2. The smallest absolute Gasteiger partial charge is 0.270 e. The van der Waals surface area contributed by atoms with E-state index in [2.05, 4.69) is 15.3 Å². The first-order valence-corrected chi connectivity index (χ1v) is 9.51. The molecule has 1 unspecified atom stereocenters. The van der Waals surface area contributed by atoms with E-state index in [4.69, 9.17) is 19.9 Å². The van der Waals surface area contributed by atoms with Crippen LogP contribution in [0.5, 0.6) is 0 Å². The molecule has 0 saturated heterocycles. The van der Waals surface area contributed by atoms with Crippen LogP contribution in [0.4, 0.5) is 5.95 Å². The maximum absolute atomic E-state index is 12.7. The number of rotatable bonds is 7. The van der Waals surface area contributed by atoms with Gasteiger partial charge in [-0.1, -0.05) is 6.07 Å². The fourth-order valence-corrected chi connectivity index (χ4v) is 3.27. The zero-order valence-electron chi connectivity index (χ0n) is 16.4. The highest BCUT2D eigenvalue weighted by atomic mass is 16.5. The van der Waals surface area contributed by atoms with E-state index in [1.165, 1.54) is 6.26 Å². The van der Waals surface area contributed by atoms with Crippen molar-refractivity contribution in [3.8, 4) is 11.5 Å². The van der Waals surface area contributed by atoms with Gasteiger partial charge >= 0.3 is 0 Å². The monoisotopic (exact) mass is 393 g/mol. The Morgan fingerprint density at radius 2 is 2.14 bits per heavy atom. The number of nitrogens with zero attached hydrogens (tertiary/aromatic N) is 3. The number of nitrogens with two attached hydrogens (primary N) is 1. The van der Waals surface area contributed by atoms with Crippen molar-refractivity contribution in [3.05, 3.63) is 59.2 Å². The lowest BCUT2D eigenvalue weighted by Crippen LogP contribution is -2.25. The van der Waals surface area contributed by atoms with Gasteiger partial charge < -0.3 is 20.2 Å². The molecule has 8 heteroatoms. The fourth-order valence-electron chi connectivity index (χ4n) is 3.27. The van der Waals surface area contributed by atoms with Gasteiger partial charge in [-0.05, 0) is 55.5 Å². The number of methoxy groups -OCH3 is 1. The van der Waals surface area contributed by atoms with Crippen molar-refractivity contribution in [2.24, 2.45) is 5.92 Å². The van der Waals surface area contributed by atoms with E-state index in [1.54, 1.807) is 25.3 Å². The van der Waals surface area contributed by atoms with Crippen LogP contribution in [0, 0.1) is 12.8 Å². The predicted molar refractivity (Wildman–Crippen MR) is 107 cm³/mol. The van der Waals surface area contributed by atoms with Crippen LogP contribution in [-0.2, 0) is 11.3 Å². The zero-order valence-corrected chi connectivity index (χ0v) is 16.4. The van der Waals surface area contributed by atoms with Crippen molar-refractivity contribution in [2.45, 2.75) is 32.4 Å². The van der Waals surface area contributed by atoms with Gasteiger partial charge in [0.2, 0.25) is 5.95 Å². The van der Waals surface area contributed by atoms with E-state index in [1.807, 2.05) is 19.1 Å². The van der Waals surface area contributed by atoms with Crippen molar-refractivity contribution in [1.29, 1.82) is 0 Å². The summed E-state index contributed by atoms with van der Waals surface area (Å²) >= 11 is 0. The predicted octanol–water partition coefficient (Wildman–Crippen LogP) is 3.05. The Balaban J connectivity index is 1.50. The van der Waals surface area contributed by atoms with E-state index in [0.29, 0.717) is 17.4 Å². The topological polar surface area (TPSA) is 116 Å². The van der Waals surface area contributed by atoms with Crippen LogP contribution < -0.4 is 11.1 Å². The van der Waals surface area contributed by atoms with Crippen LogP contribution in [0.3, 0.4) is 0 Å². The van der Waals surface area contributed by atoms with Gasteiger partial charge in [0.25, 0.3) is 5.91 Å². The SMILES string of the molecule is COC(c1ccc(C)c(CNC(=O)c2cc(-c3ccco3)nc(N)n2)n1)C1CC1. The molecule has 0 spiro atoms. The minimum atomic E-state index is -0.357. The number of anilines is 1. The first-order chi connectivity index (χ1) is 14.0. The minimum absolute atomic E-state index is 0.00238. The average molecular weight is 393 g/mol. The van der Waals surface area contributed by atoms with Gasteiger partial charge in [-0.2, -0.15) is 0 Å². The number of amides is 1. The van der Waals surface area contributed by atoms with Crippen molar-refractivity contribution in [2.75, 3.05) is 12.8 Å². The highest BCUT2D eigenvalue weighted by molar-refractivity contribution is 5.93. The molecule has 8 nitrogen and oxygen atoms in total. The molecule has 3 aromatic heterocycles. The van der Waals surface area contributed by atoms with Crippen molar-refractivity contribution < 1.29 is 13.9 Å². The molecule has 4 rings (SSSR count). The number of ether oxygens (including phenoxy) is 1. The van der Waals surface area contributed by atoms with Crippen molar-refractivity contribution >= 4 is 11.9 Å². The maximum Gasteiger partial charge on any atom is 0.270 e. The van der Waals surface area contributed by atoms with Crippen LogP contribution in [0.15, 0.2) is 41.0 Å². The minimum Gasteiger partial charge on any atom is -0.463 e. The Kier molecular flexibility index (Phi) is 5.26. The number of carbonyl (C=O) groups is 1. The van der Waals surface area contributed by atoms with Crippen LogP contribution >= 0.6 is 0 Å². The summed E-state index contributed by atoms with van der Waals surface area (Å²) < 4.78 is 10.9. The molecule has 3 aromatic rings. The molecule has 0 radical (unpaired) electrons. The molecular formula is C21H23N5O3. The van der Waals surface area contributed by atoms with E-state index in [9.17, 15) is 4.79 Å². The second-order valence-electron chi connectivity index (χ2n) is 7.15. The Morgan fingerprint density at radius 3 is 2.83 bits per heavy atom. The molecule has 1 saturated carbocycles. The number of aryl methyl sites for hydroxylation is 1. The second-order valence-corrected chi connectivity index (χ2v) is 7.15. The quantitative estimate of drug-likeness (QED) is 0.634. The Labute approximate surface area is 168 Å². The maximum atomic E-state index is 12.7. The molecule has 1 aliphatic carbocycles. The van der Waals surface area contributed by atoms with Crippen molar-refractivity contribution in [3.63, 3.8) is 0 Å². The number of aromatic nitrogens is 3. The second kappa shape index (κ2) is 8.00. The van der Waals surface area contributed by atoms with E-state index < -0.39 is 0 Å². The first-order valence-electron chi connectivity index (χ1n) is 9.51. The Morgan fingerprint density at radius 1 is 1.31 bits per heavy atom. The molecule has 0 aliphatic heterocycles. The molecule has 0 bridgehead atoms. The highest BCUT2D eigenvalue weighted by Crippen LogP contribution is 2.42. The molecular weight excluding hydrogens is 370 g/mol. The lowest BCUT2D eigenvalue weighted by molar-refractivity contribution is 0.0808. The van der Waals surface area contributed by atoms with Gasteiger partial charge in [-0.15, -0.1) is 0 Å². The summed E-state index contributed by atoms with van der Waals surface area (Å²) in [4.78, 5) is 25.6. The standard InChI is InChI=1S/C21H23N5O3/c1-12-5-8-14(19(28-2)13-6-7-13)24-17(12)11-23-20(27)16-10-15(25-21(22)26-16)18-4-3-9-29-18/h3-5,8-10,13,19H,6-7,11H2,1-2H3,(H,23,27)(H2,22,25,26). The largest absolute Gasteiger partial charge is 0.463 e. The number of pyridine rings is 1. The van der Waals surface area contributed by atoms with E-state index >= 15 is 0 Å². The molecule has 1 aliphatic rings. The third-order valence-electron chi connectivity index (χ3n) is 4.99. The number of nitrogen functional groups attached to an aromatic ring is 1. The van der Waals surface area contributed by atoms with Gasteiger partial charge in [0.05, 0.1) is 24.2 Å². The van der Waals surface area contributed by atoms with Crippen LogP contribution in [-0.4, -0.2) is 28.0 Å². The van der Waals surface area contributed by atoms with Gasteiger partial charge in [-0.25, -0.2) is 9.97 Å². The molecule has 3 N–H and O–H groups in total. The van der Waals surface area contributed by atoms with E-state index in [0.717, 1.165) is 29.8 Å². The summed E-state index contributed by atoms with van der Waals surface area (Å²) in [6.07, 6.45) is 3.85. The summed E-state index contributed by atoms with van der Waals surface area (Å²) in [5.41, 5.74) is 9.09. The third kappa shape index (κ3) is 4.27. The van der Waals surface area contributed by atoms with Crippen LogP contribution in [0.1, 0.15) is 46.4 Å². The van der Waals surface area contributed by atoms with Crippen LogP contribution in [0.25, 0.3) is 11.5 Å². The zero-order chi connectivity index (χ0) is 20.4. The lowest BCUT2D eigenvalue weighted by atomic mass is 10.1. The lowest BCUT2D eigenvalue weighted by Gasteiger charge is -2.16. The summed E-state index contributed by atoms with van der Waals surface area (Å²) in [6.45, 7) is 2.24. The Hall–Kier alpha value is -3.26. The number of carbonyl (C=O) groups excluding carboxylic acids is 1. The molecule has 29 heavy (non-hydrogen) atoms. The number of nitrogens with one attached hydrogen (secondary N) is 1. The molecule has 0 aromatic carbocycles. The summed E-state index contributed by atoms with van der Waals surface area (Å²) in [5, 5.41) is 2.87. The highest BCUT2D eigenvalue weighted by Gasteiger charge is 2.33. The summed E-state index contributed by atoms with van der Waals surface area (Å²) in [5.74, 6) is 0.697. The average Bonchev–Trinajstić information content (AvgIpc) is 3.39. The normalized spacial score (nSPS) is 14.6. The van der Waals surface area contributed by atoms with Gasteiger partial charge in [0.1, 0.15) is 17.5 Å². The number of furan rings is 1.